The molecular formula is C36H46N6O6. The number of hydrogen-bond acceptors (Lipinski definition) is 9. The highest BCUT2D eigenvalue weighted by atomic mass is 16.5. The number of aryl methyl sites for hydroxylation is 1. The summed E-state index contributed by atoms with van der Waals surface area (Å²) >= 11 is 0. The van der Waals surface area contributed by atoms with Crippen molar-refractivity contribution in [2.45, 2.75) is 83.8 Å². The number of aromatic nitrogens is 4. The van der Waals surface area contributed by atoms with Crippen molar-refractivity contribution in [1.29, 1.82) is 0 Å². The molecule has 0 spiro atoms. The number of hydrogen-bond donors (Lipinski definition) is 1. The number of methoxy groups -OCH3 is 1. The number of ether oxygens (including phenoxy) is 3. The summed E-state index contributed by atoms with van der Waals surface area (Å²) in [5, 5.41) is 8.43. The standard InChI is InChI=1S/C36H46N6O6/c1-7-47-34(45)36-20-23(36)12-10-8-9-11-16-41(5)33(44)27-19-24(18-26(27)31(43)39-36)48-32-25-13-14-29(46-6)22(4)30(25)37-35(38-32)42-17-15-28(40-42)21(2)3/h10,12-15,17,21,23-24,26-27H,7-9,11,16,18-20H2,1-6H3,(H,39,43)/b12-10-/t23-,24+,26+,27+,36+/m0/s1. The number of nitrogens with one attached hydrogen (secondary N) is 1. The van der Waals surface area contributed by atoms with Crippen LogP contribution in [0, 0.1) is 24.7 Å². The number of amides is 2. The normalized spacial score (nSPS) is 26.8. The van der Waals surface area contributed by atoms with Crippen LogP contribution in [0.2, 0.25) is 0 Å². The highest BCUT2D eigenvalue weighted by Gasteiger charge is 2.62. The number of rotatable bonds is 7. The maximum absolute atomic E-state index is 14.1. The first-order valence-corrected chi connectivity index (χ1v) is 17.0. The van der Waals surface area contributed by atoms with E-state index in [0.717, 1.165) is 30.5 Å². The number of nitrogens with zero attached hydrogens (tertiary/aromatic N) is 5. The minimum atomic E-state index is -1.11. The van der Waals surface area contributed by atoms with Gasteiger partial charge in [-0.05, 0) is 76.5 Å². The third-order valence-electron chi connectivity index (χ3n) is 9.96. The Kier molecular flexibility index (Phi) is 9.44. The van der Waals surface area contributed by atoms with E-state index in [1.54, 1.807) is 30.7 Å². The first kappa shape index (κ1) is 33.4. The quantitative estimate of drug-likeness (QED) is 0.284. The van der Waals surface area contributed by atoms with Gasteiger partial charge in [0, 0.05) is 31.3 Å². The Morgan fingerprint density at radius 3 is 2.65 bits per heavy atom. The summed E-state index contributed by atoms with van der Waals surface area (Å²) in [4.78, 5) is 52.5. The predicted molar refractivity (Wildman–Crippen MR) is 179 cm³/mol. The van der Waals surface area contributed by atoms with E-state index in [1.807, 2.05) is 37.4 Å². The summed E-state index contributed by atoms with van der Waals surface area (Å²) in [5.41, 5.74) is 1.28. The molecule has 2 aliphatic carbocycles. The molecule has 48 heavy (non-hydrogen) atoms. The fourth-order valence-electron chi connectivity index (χ4n) is 7.04. The van der Waals surface area contributed by atoms with Crippen LogP contribution in [0.4, 0.5) is 0 Å². The van der Waals surface area contributed by atoms with E-state index in [4.69, 9.17) is 29.3 Å². The van der Waals surface area contributed by atoms with Gasteiger partial charge in [0.15, 0.2) is 0 Å². The Balaban J connectivity index is 1.34. The van der Waals surface area contributed by atoms with Gasteiger partial charge in [-0.1, -0.05) is 26.0 Å². The molecule has 0 radical (unpaired) electrons. The minimum absolute atomic E-state index is 0.0991. The molecule has 1 aliphatic heterocycles. The fraction of sp³-hybridized carbons (Fsp3) is 0.556. The van der Waals surface area contributed by atoms with Crippen LogP contribution in [0.3, 0.4) is 0 Å². The number of esters is 1. The molecule has 2 saturated carbocycles. The first-order valence-electron chi connectivity index (χ1n) is 17.0. The topological polar surface area (TPSA) is 138 Å². The highest BCUT2D eigenvalue weighted by Crippen LogP contribution is 2.47. The number of allylic oxidation sites excluding steroid dienone is 1. The third kappa shape index (κ3) is 6.36. The molecule has 1 aromatic carbocycles. The average molecular weight is 659 g/mol. The first-order chi connectivity index (χ1) is 23.1. The van der Waals surface area contributed by atoms with Crippen LogP contribution in [0.5, 0.6) is 11.6 Å². The van der Waals surface area contributed by atoms with Gasteiger partial charge in [0.05, 0.1) is 42.1 Å². The van der Waals surface area contributed by atoms with Crippen LogP contribution in [0.1, 0.15) is 76.5 Å². The maximum Gasteiger partial charge on any atom is 0.332 e. The van der Waals surface area contributed by atoms with E-state index in [0.29, 0.717) is 47.9 Å². The third-order valence-corrected chi connectivity index (χ3v) is 9.96. The SMILES string of the molecule is CCOC(=O)[C@@]12C[C@@H]1/C=C\CCCCN(C)C(=O)[C@@H]1C[C@H](Oc3nc(-n4ccc(C(C)C)n4)nc4c(C)c(OC)ccc34)C[C@H]1C(=O)N2. The van der Waals surface area contributed by atoms with Gasteiger partial charge in [-0.2, -0.15) is 10.1 Å². The summed E-state index contributed by atoms with van der Waals surface area (Å²) < 4.78 is 19.3. The van der Waals surface area contributed by atoms with E-state index in [2.05, 4.69) is 25.2 Å². The molecule has 3 aromatic rings. The summed E-state index contributed by atoms with van der Waals surface area (Å²) in [5.74, 6) is -0.735. The molecule has 3 aliphatic rings. The van der Waals surface area contributed by atoms with Gasteiger partial charge in [-0.15, -0.1) is 0 Å². The average Bonchev–Trinajstić information content (AvgIpc) is 3.37. The van der Waals surface area contributed by atoms with Crippen LogP contribution >= 0.6 is 0 Å². The zero-order chi connectivity index (χ0) is 34.2. The zero-order valence-corrected chi connectivity index (χ0v) is 28.7. The summed E-state index contributed by atoms with van der Waals surface area (Å²) in [6, 6.07) is 5.66. The van der Waals surface area contributed by atoms with Gasteiger partial charge < -0.3 is 24.4 Å². The summed E-state index contributed by atoms with van der Waals surface area (Å²) in [6.45, 7) is 8.65. The zero-order valence-electron chi connectivity index (χ0n) is 28.7. The molecule has 12 heteroatoms. The van der Waals surface area contributed by atoms with Crippen molar-refractivity contribution in [2.75, 3.05) is 27.3 Å². The second-order valence-corrected chi connectivity index (χ2v) is 13.6. The second-order valence-electron chi connectivity index (χ2n) is 13.6. The van der Waals surface area contributed by atoms with E-state index >= 15 is 0 Å². The lowest BCUT2D eigenvalue weighted by atomic mass is 9.93. The van der Waals surface area contributed by atoms with Gasteiger partial charge in [0.2, 0.25) is 17.7 Å². The molecule has 5 atom stereocenters. The molecule has 0 unspecified atom stereocenters. The van der Waals surface area contributed by atoms with Gasteiger partial charge in [-0.3, -0.25) is 9.59 Å². The lowest BCUT2D eigenvalue weighted by Gasteiger charge is -2.26. The summed E-state index contributed by atoms with van der Waals surface area (Å²) in [7, 11) is 3.41. The van der Waals surface area contributed by atoms with Crippen LogP contribution < -0.4 is 14.8 Å². The van der Waals surface area contributed by atoms with Crippen molar-refractivity contribution in [3.05, 3.63) is 47.8 Å². The molecular weight excluding hydrogens is 612 g/mol. The molecule has 2 aromatic heterocycles. The van der Waals surface area contributed by atoms with Crippen molar-refractivity contribution in [3.8, 4) is 17.6 Å². The van der Waals surface area contributed by atoms with Crippen LogP contribution in [0.25, 0.3) is 16.9 Å². The molecule has 2 fully saturated rings. The van der Waals surface area contributed by atoms with Crippen molar-refractivity contribution in [2.24, 2.45) is 17.8 Å². The lowest BCUT2D eigenvalue weighted by molar-refractivity contribution is -0.150. The molecule has 0 bridgehead atoms. The Morgan fingerprint density at radius 2 is 1.92 bits per heavy atom. The van der Waals surface area contributed by atoms with Gasteiger partial charge in [0.1, 0.15) is 17.4 Å². The predicted octanol–water partition coefficient (Wildman–Crippen LogP) is 4.67. The molecule has 0 saturated heterocycles. The maximum atomic E-state index is 14.1. The number of fused-ring (bicyclic) bond motifs is 3. The number of carbonyl (C=O) groups excluding carboxylic acids is 3. The van der Waals surface area contributed by atoms with Crippen molar-refractivity contribution in [1.82, 2.24) is 30.0 Å². The van der Waals surface area contributed by atoms with Crippen LogP contribution in [-0.4, -0.2) is 81.4 Å². The molecule has 256 valence electrons. The van der Waals surface area contributed by atoms with Crippen LogP contribution in [-0.2, 0) is 19.1 Å². The molecule has 1 N–H and O–H groups in total. The molecule has 2 amide bonds. The number of benzene rings is 1. The van der Waals surface area contributed by atoms with E-state index in [-0.39, 0.29) is 36.7 Å². The fourth-order valence-corrected chi connectivity index (χ4v) is 7.04. The number of carbonyl (C=O) groups is 3. The van der Waals surface area contributed by atoms with E-state index < -0.39 is 29.4 Å². The Hall–Kier alpha value is -4.48. The largest absolute Gasteiger partial charge is 0.496 e. The Morgan fingerprint density at radius 1 is 1.12 bits per heavy atom. The van der Waals surface area contributed by atoms with Crippen molar-refractivity contribution in [3.63, 3.8) is 0 Å². The molecule has 6 rings (SSSR count). The van der Waals surface area contributed by atoms with Gasteiger partial charge in [-0.25, -0.2) is 14.5 Å². The minimum Gasteiger partial charge on any atom is -0.496 e. The van der Waals surface area contributed by atoms with E-state index in [1.165, 1.54) is 0 Å². The second kappa shape index (κ2) is 13.6. The lowest BCUT2D eigenvalue weighted by Crippen LogP contribution is -2.50. The van der Waals surface area contributed by atoms with Gasteiger partial charge in [0.25, 0.3) is 5.95 Å². The van der Waals surface area contributed by atoms with Crippen molar-refractivity contribution >= 4 is 28.7 Å². The molecule has 12 nitrogen and oxygen atoms in total. The van der Waals surface area contributed by atoms with E-state index in [9.17, 15) is 14.4 Å². The monoisotopic (exact) mass is 658 g/mol. The smallest absolute Gasteiger partial charge is 0.332 e. The Labute approximate surface area is 281 Å². The van der Waals surface area contributed by atoms with Gasteiger partial charge >= 0.3 is 5.97 Å². The van der Waals surface area contributed by atoms with Crippen molar-refractivity contribution < 1.29 is 28.6 Å². The Bertz CT molecular complexity index is 1730. The highest BCUT2D eigenvalue weighted by molar-refractivity contribution is 5.95. The molecule has 3 heterocycles. The van der Waals surface area contributed by atoms with Crippen LogP contribution in [0.15, 0.2) is 36.5 Å². The summed E-state index contributed by atoms with van der Waals surface area (Å²) in [6.07, 6.45) is 9.10.